The standard InChI is InChI=1S/C11H13BrN2O3S/c12-7-4-8(18-6-7)5-13-10(17)14-11(9(15)16)2-1-3-11/h4,6H,1-3,5H2,(H,15,16)(H2,13,14,17). The van der Waals surface area contributed by atoms with E-state index in [0.29, 0.717) is 19.4 Å². The molecule has 7 heteroatoms. The van der Waals surface area contributed by atoms with E-state index in [9.17, 15) is 9.59 Å². The van der Waals surface area contributed by atoms with E-state index < -0.39 is 17.5 Å². The van der Waals surface area contributed by atoms with Crippen molar-refractivity contribution < 1.29 is 14.7 Å². The van der Waals surface area contributed by atoms with Crippen LogP contribution < -0.4 is 10.6 Å². The topological polar surface area (TPSA) is 78.4 Å². The summed E-state index contributed by atoms with van der Waals surface area (Å²) < 4.78 is 0.978. The predicted molar refractivity (Wildman–Crippen MR) is 71.6 cm³/mol. The van der Waals surface area contributed by atoms with Crippen molar-refractivity contribution in [2.45, 2.75) is 31.3 Å². The van der Waals surface area contributed by atoms with Crippen LogP contribution >= 0.6 is 27.3 Å². The number of halogens is 1. The number of nitrogens with one attached hydrogen (secondary N) is 2. The van der Waals surface area contributed by atoms with Crippen molar-refractivity contribution in [2.75, 3.05) is 0 Å². The minimum absolute atomic E-state index is 0.401. The van der Waals surface area contributed by atoms with Gasteiger partial charge in [-0.15, -0.1) is 11.3 Å². The molecule has 98 valence electrons. The molecule has 2 rings (SSSR count). The molecule has 1 heterocycles. The number of carboxylic acid groups (broad SMARTS) is 1. The lowest BCUT2D eigenvalue weighted by Crippen LogP contribution is -2.61. The number of aliphatic carboxylic acids is 1. The Morgan fingerprint density at radius 3 is 2.67 bits per heavy atom. The van der Waals surface area contributed by atoms with Crippen molar-refractivity contribution in [1.82, 2.24) is 10.6 Å². The molecule has 0 atom stereocenters. The summed E-state index contributed by atoms with van der Waals surface area (Å²) in [5, 5.41) is 16.2. The molecular formula is C11H13BrN2O3S. The fourth-order valence-electron chi connectivity index (χ4n) is 1.80. The van der Waals surface area contributed by atoms with E-state index in [1.807, 2.05) is 11.4 Å². The normalized spacial score (nSPS) is 16.7. The van der Waals surface area contributed by atoms with E-state index in [-0.39, 0.29) is 0 Å². The number of amides is 2. The third-order valence-corrected chi connectivity index (χ3v) is 4.71. The third-order valence-electron chi connectivity index (χ3n) is 3.01. The van der Waals surface area contributed by atoms with Crippen molar-refractivity contribution in [3.8, 4) is 0 Å². The van der Waals surface area contributed by atoms with Gasteiger partial charge in [-0.05, 0) is 41.3 Å². The molecule has 5 nitrogen and oxygen atoms in total. The van der Waals surface area contributed by atoms with Crippen LogP contribution in [-0.4, -0.2) is 22.6 Å². The highest BCUT2D eigenvalue weighted by Crippen LogP contribution is 2.31. The van der Waals surface area contributed by atoms with Gasteiger partial charge in [0.1, 0.15) is 5.54 Å². The first-order valence-corrected chi connectivity index (χ1v) is 7.21. The van der Waals surface area contributed by atoms with Crippen LogP contribution in [0.3, 0.4) is 0 Å². The Kier molecular flexibility index (Phi) is 3.91. The fraction of sp³-hybridized carbons (Fsp3) is 0.455. The Bertz CT molecular complexity index is 471. The largest absolute Gasteiger partial charge is 0.480 e. The molecule has 0 aliphatic heterocycles. The Balaban J connectivity index is 1.83. The zero-order chi connectivity index (χ0) is 13.2. The average Bonchev–Trinajstić information content (AvgIpc) is 2.66. The molecular weight excluding hydrogens is 320 g/mol. The van der Waals surface area contributed by atoms with Crippen LogP contribution in [0.5, 0.6) is 0 Å². The Morgan fingerprint density at radius 2 is 2.22 bits per heavy atom. The fourth-order valence-corrected chi connectivity index (χ4v) is 3.19. The molecule has 0 spiro atoms. The van der Waals surface area contributed by atoms with Crippen LogP contribution in [-0.2, 0) is 11.3 Å². The lowest BCUT2D eigenvalue weighted by Gasteiger charge is -2.38. The van der Waals surface area contributed by atoms with Gasteiger partial charge in [0.25, 0.3) is 0 Å². The summed E-state index contributed by atoms with van der Waals surface area (Å²) in [5.74, 6) is -0.956. The smallest absolute Gasteiger partial charge is 0.329 e. The van der Waals surface area contributed by atoms with Gasteiger partial charge >= 0.3 is 12.0 Å². The number of urea groups is 1. The monoisotopic (exact) mass is 332 g/mol. The zero-order valence-electron chi connectivity index (χ0n) is 9.53. The van der Waals surface area contributed by atoms with Crippen molar-refractivity contribution in [2.24, 2.45) is 0 Å². The lowest BCUT2D eigenvalue weighted by atomic mass is 9.77. The van der Waals surface area contributed by atoms with E-state index in [1.54, 1.807) is 0 Å². The van der Waals surface area contributed by atoms with Gasteiger partial charge in [-0.1, -0.05) is 0 Å². The van der Waals surface area contributed by atoms with Crippen LogP contribution in [0.1, 0.15) is 24.1 Å². The Hall–Kier alpha value is -1.08. The van der Waals surface area contributed by atoms with Crippen LogP contribution in [0.25, 0.3) is 0 Å². The van der Waals surface area contributed by atoms with Gasteiger partial charge in [-0.25, -0.2) is 9.59 Å². The second-order valence-electron chi connectivity index (χ2n) is 4.28. The zero-order valence-corrected chi connectivity index (χ0v) is 11.9. The quantitative estimate of drug-likeness (QED) is 0.791. The minimum atomic E-state index is -1.06. The van der Waals surface area contributed by atoms with Gasteiger partial charge in [0, 0.05) is 14.7 Å². The molecule has 1 saturated carbocycles. The highest BCUT2D eigenvalue weighted by molar-refractivity contribution is 9.10. The summed E-state index contributed by atoms with van der Waals surface area (Å²) in [4.78, 5) is 23.7. The van der Waals surface area contributed by atoms with Crippen LogP contribution in [0, 0.1) is 0 Å². The number of hydrogen-bond donors (Lipinski definition) is 3. The first kappa shape index (κ1) is 13.4. The molecule has 0 bridgehead atoms. The number of thiophene rings is 1. The van der Waals surface area contributed by atoms with Gasteiger partial charge in [-0.2, -0.15) is 0 Å². The van der Waals surface area contributed by atoms with Crippen molar-refractivity contribution in [3.05, 3.63) is 20.8 Å². The summed E-state index contributed by atoms with van der Waals surface area (Å²) in [6, 6.07) is 1.49. The predicted octanol–water partition coefficient (Wildman–Crippen LogP) is 2.32. The first-order valence-electron chi connectivity index (χ1n) is 5.54. The van der Waals surface area contributed by atoms with Crippen LogP contribution in [0.2, 0.25) is 0 Å². The number of rotatable bonds is 4. The summed E-state index contributed by atoms with van der Waals surface area (Å²) >= 11 is 4.86. The van der Waals surface area contributed by atoms with Crippen molar-refractivity contribution in [1.29, 1.82) is 0 Å². The molecule has 0 unspecified atom stereocenters. The summed E-state index contributed by atoms with van der Waals surface area (Å²) in [5.41, 5.74) is -1.06. The van der Waals surface area contributed by atoms with Gasteiger partial charge in [0.15, 0.2) is 0 Å². The number of carbonyl (C=O) groups is 2. The molecule has 1 aliphatic carbocycles. The van der Waals surface area contributed by atoms with E-state index in [4.69, 9.17) is 5.11 Å². The first-order chi connectivity index (χ1) is 8.52. The third kappa shape index (κ3) is 2.84. The maximum absolute atomic E-state index is 11.6. The van der Waals surface area contributed by atoms with Crippen LogP contribution in [0.4, 0.5) is 4.79 Å². The molecule has 1 fully saturated rings. The van der Waals surface area contributed by atoms with E-state index in [0.717, 1.165) is 15.8 Å². The highest BCUT2D eigenvalue weighted by atomic mass is 79.9. The van der Waals surface area contributed by atoms with Crippen LogP contribution in [0.15, 0.2) is 15.9 Å². The summed E-state index contributed by atoms with van der Waals surface area (Å²) in [7, 11) is 0. The molecule has 0 aromatic carbocycles. The number of carbonyl (C=O) groups excluding carboxylic acids is 1. The van der Waals surface area contributed by atoms with Crippen molar-refractivity contribution in [3.63, 3.8) is 0 Å². The van der Waals surface area contributed by atoms with Crippen molar-refractivity contribution >= 4 is 39.3 Å². The second kappa shape index (κ2) is 5.27. The summed E-state index contributed by atoms with van der Waals surface area (Å²) in [6.07, 6.45) is 1.84. The average molecular weight is 333 g/mol. The van der Waals surface area contributed by atoms with Gasteiger partial charge < -0.3 is 15.7 Å². The maximum atomic E-state index is 11.6. The number of hydrogen-bond acceptors (Lipinski definition) is 3. The maximum Gasteiger partial charge on any atom is 0.329 e. The van der Waals surface area contributed by atoms with Gasteiger partial charge in [0.2, 0.25) is 0 Å². The minimum Gasteiger partial charge on any atom is -0.480 e. The lowest BCUT2D eigenvalue weighted by molar-refractivity contribution is -0.148. The SMILES string of the molecule is O=C(NCc1cc(Br)cs1)NC1(C(=O)O)CCC1. The molecule has 0 radical (unpaired) electrons. The molecule has 2 amide bonds. The number of carboxylic acids is 1. The van der Waals surface area contributed by atoms with Gasteiger partial charge in [-0.3, -0.25) is 0 Å². The van der Waals surface area contributed by atoms with E-state index >= 15 is 0 Å². The molecule has 1 aliphatic rings. The van der Waals surface area contributed by atoms with Gasteiger partial charge in [0.05, 0.1) is 6.54 Å². The van der Waals surface area contributed by atoms with E-state index in [1.165, 1.54) is 11.3 Å². The molecule has 3 N–H and O–H groups in total. The van der Waals surface area contributed by atoms with E-state index in [2.05, 4.69) is 26.6 Å². The molecule has 1 aromatic heterocycles. The highest BCUT2D eigenvalue weighted by Gasteiger charge is 2.45. The molecule has 18 heavy (non-hydrogen) atoms. The Morgan fingerprint density at radius 1 is 1.50 bits per heavy atom. The second-order valence-corrected chi connectivity index (χ2v) is 6.19. The molecule has 0 saturated heterocycles. The Labute approximate surface area is 117 Å². The molecule has 1 aromatic rings. The summed E-state index contributed by atoms with van der Waals surface area (Å²) in [6.45, 7) is 0.401.